The lowest BCUT2D eigenvalue weighted by atomic mass is 10.1. The Kier molecular flexibility index (Phi) is 7.20. The zero-order valence-electron chi connectivity index (χ0n) is 14.4. The molecule has 1 unspecified atom stereocenters. The highest BCUT2D eigenvalue weighted by atomic mass is 35.5. The summed E-state index contributed by atoms with van der Waals surface area (Å²) in [6.45, 7) is 5.18. The van der Waals surface area contributed by atoms with E-state index >= 15 is 0 Å². The quantitative estimate of drug-likeness (QED) is 0.820. The Balaban J connectivity index is 1.79. The van der Waals surface area contributed by atoms with E-state index in [9.17, 15) is 9.59 Å². The summed E-state index contributed by atoms with van der Waals surface area (Å²) in [6.07, 6.45) is 1.11. The Morgan fingerprint density at radius 1 is 1.28 bits per heavy atom. The lowest BCUT2D eigenvalue weighted by molar-refractivity contribution is 0.0957. The van der Waals surface area contributed by atoms with Crippen molar-refractivity contribution in [1.82, 2.24) is 15.5 Å². The molecule has 1 heterocycles. The SMILES string of the molecule is CCOC(=O)N1CCC(NC(=O)NC(C)c2ccc(Cl)c(Cl)c2)CC1. The van der Waals surface area contributed by atoms with Gasteiger partial charge in [-0.1, -0.05) is 29.3 Å². The number of likely N-dealkylation sites (tertiary alicyclic amines) is 1. The van der Waals surface area contributed by atoms with Gasteiger partial charge in [0.05, 0.1) is 22.7 Å². The number of ether oxygens (including phenoxy) is 1. The molecule has 3 amide bonds. The number of urea groups is 1. The molecule has 0 aromatic heterocycles. The van der Waals surface area contributed by atoms with Gasteiger partial charge in [-0.15, -0.1) is 0 Å². The van der Waals surface area contributed by atoms with Gasteiger partial charge in [0.15, 0.2) is 0 Å². The summed E-state index contributed by atoms with van der Waals surface area (Å²) in [5, 5.41) is 6.78. The van der Waals surface area contributed by atoms with E-state index in [2.05, 4.69) is 10.6 Å². The Hall–Kier alpha value is -1.66. The molecule has 1 atom stereocenters. The predicted molar refractivity (Wildman–Crippen MR) is 98.2 cm³/mol. The number of carbonyl (C=O) groups is 2. The van der Waals surface area contributed by atoms with Crippen molar-refractivity contribution in [3.63, 3.8) is 0 Å². The highest BCUT2D eigenvalue weighted by molar-refractivity contribution is 6.42. The van der Waals surface area contributed by atoms with Crippen molar-refractivity contribution in [3.05, 3.63) is 33.8 Å². The van der Waals surface area contributed by atoms with Gasteiger partial charge in [0.1, 0.15) is 0 Å². The normalized spacial score (nSPS) is 16.2. The van der Waals surface area contributed by atoms with Gasteiger partial charge in [0.25, 0.3) is 0 Å². The summed E-state index contributed by atoms with van der Waals surface area (Å²) in [7, 11) is 0. The third kappa shape index (κ3) is 5.68. The number of piperidine rings is 1. The van der Waals surface area contributed by atoms with Crippen molar-refractivity contribution in [2.75, 3.05) is 19.7 Å². The molecule has 0 radical (unpaired) electrons. The fraction of sp³-hybridized carbons (Fsp3) is 0.529. The molecule has 2 N–H and O–H groups in total. The maximum atomic E-state index is 12.2. The van der Waals surface area contributed by atoms with Gasteiger partial charge in [-0.05, 0) is 44.4 Å². The maximum absolute atomic E-state index is 12.2. The van der Waals surface area contributed by atoms with Gasteiger partial charge >= 0.3 is 12.1 Å². The Morgan fingerprint density at radius 3 is 2.56 bits per heavy atom. The van der Waals surface area contributed by atoms with E-state index in [1.54, 1.807) is 24.0 Å². The van der Waals surface area contributed by atoms with E-state index in [1.807, 2.05) is 13.0 Å². The van der Waals surface area contributed by atoms with E-state index in [0.717, 1.165) is 5.56 Å². The highest BCUT2D eigenvalue weighted by Gasteiger charge is 2.24. The summed E-state index contributed by atoms with van der Waals surface area (Å²) in [6, 6.07) is 4.87. The second-order valence-electron chi connectivity index (χ2n) is 5.97. The van der Waals surface area contributed by atoms with Crippen LogP contribution in [0.1, 0.15) is 38.3 Å². The molecule has 0 saturated carbocycles. The first-order valence-electron chi connectivity index (χ1n) is 8.34. The first-order chi connectivity index (χ1) is 11.9. The van der Waals surface area contributed by atoms with Crippen molar-refractivity contribution in [3.8, 4) is 0 Å². The summed E-state index contributed by atoms with van der Waals surface area (Å²) in [5.41, 5.74) is 0.877. The van der Waals surface area contributed by atoms with E-state index in [-0.39, 0.29) is 24.2 Å². The molecule has 0 bridgehead atoms. The zero-order valence-corrected chi connectivity index (χ0v) is 15.9. The molecular formula is C17H23Cl2N3O3. The van der Waals surface area contributed by atoms with Crippen LogP contribution >= 0.6 is 23.2 Å². The van der Waals surface area contributed by atoms with E-state index in [0.29, 0.717) is 42.6 Å². The van der Waals surface area contributed by atoms with Crippen LogP contribution in [0.3, 0.4) is 0 Å². The van der Waals surface area contributed by atoms with Crippen molar-refractivity contribution >= 4 is 35.3 Å². The monoisotopic (exact) mass is 387 g/mol. The minimum absolute atomic E-state index is 0.0340. The number of hydrogen-bond donors (Lipinski definition) is 2. The van der Waals surface area contributed by atoms with Crippen LogP contribution in [0.4, 0.5) is 9.59 Å². The predicted octanol–water partition coefficient (Wildman–Crippen LogP) is 3.97. The summed E-state index contributed by atoms with van der Waals surface area (Å²) < 4.78 is 4.98. The molecule has 1 saturated heterocycles. The number of halogens is 2. The number of hydrogen-bond acceptors (Lipinski definition) is 3. The third-order valence-electron chi connectivity index (χ3n) is 4.15. The topological polar surface area (TPSA) is 70.7 Å². The second-order valence-corrected chi connectivity index (χ2v) is 6.79. The number of amides is 3. The Labute approximate surface area is 157 Å². The standard InChI is InChI=1S/C17H23Cl2N3O3/c1-3-25-17(24)22-8-6-13(7-9-22)21-16(23)20-11(2)12-4-5-14(18)15(19)10-12/h4-5,10-11,13H,3,6-9H2,1-2H3,(H2,20,21,23). The molecule has 1 fully saturated rings. The van der Waals surface area contributed by atoms with Crippen molar-refractivity contribution < 1.29 is 14.3 Å². The van der Waals surface area contributed by atoms with E-state index < -0.39 is 0 Å². The molecule has 1 aromatic carbocycles. The molecule has 8 heteroatoms. The van der Waals surface area contributed by atoms with Gasteiger partial charge in [-0.3, -0.25) is 0 Å². The molecule has 2 rings (SSSR count). The Bertz CT molecular complexity index is 619. The number of nitrogens with one attached hydrogen (secondary N) is 2. The van der Waals surface area contributed by atoms with Crippen LogP contribution in [0.25, 0.3) is 0 Å². The smallest absolute Gasteiger partial charge is 0.409 e. The van der Waals surface area contributed by atoms with Crippen LogP contribution in [-0.2, 0) is 4.74 Å². The van der Waals surface area contributed by atoms with Gasteiger partial charge < -0.3 is 20.3 Å². The molecule has 1 aromatic rings. The molecule has 1 aliphatic rings. The number of rotatable bonds is 4. The number of nitrogens with zero attached hydrogens (tertiary/aromatic N) is 1. The zero-order chi connectivity index (χ0) is 18.4. The number of benzene rings is 1. The first kappa shape index (κ1) is 19.7. The minimum Gasteiger partial charge on any atom is -0.450 e. The van der Waals surface area contributed by atoms with Crippen LogP contribution in [0.2, 0.25) is 10.0 Å². The second kappa shape index (κ2) is 9.15. The third-order valence-corrected chi connectivity index (χ3v) is 4.89. The molecule has 0 aliphatic carbocycles. The van der Waals surface area contributed by atoms with Crippen LogP contribution in [0, 0.1) is 0 Å². The lowest BCUT2D eigenvalue weighted by Gasteiger charge is -2.31. The largest absolute Gasteiger partial charge is 0.450 e. The van der Waals surface area contributed by atoms with Gasteiger partial charge in [-0.25, -0.2) is 9.59 Å². The van der Waals surface area contributed by atoms with Gasteiger partial charge in [-0.2, -0.15) is 0 Å². The summed E-state index contributed by atoms with van der Waals surface area (Å²) in [4.78, 5) is 25.5. The first-order valence-corrected chi connectivity index (χ1v) is 9.10. The molecule has 25 heavy (non-hydrogen) atoms. The number of carbonyl (C=O) groups excluding carboxylic acids is 2. The molecular weight excluding hydrogens is 365 g/mol. The van der Waals surface area contributed by atoms with Crippen molar-refractivity contribution in [1.29, 1.82) is 0 Å². The van der Waals surface area contributed by atoms with Crippen LogP contribution in [-0.4, -0.2) is 42.8 Å². The average molecular weight is 388 g/mol. The highest BCUT2D eigenvalue weighted by Crippen LogP contribution is 2.25. The minimum atomic E-state index is -0.293. The van der Waals surface area contributed by atoms with Crippen molar-refractivity contribution in [2.24, 2.45) is 0 Å². The van der Waals surface area contributed by atoms with Gasteiger partial charge in [0.2, 0.25) is 0 Å². The van der Waals surface area contributed by atoms with Crippen LogP contribution in [0.5, 0.6) is 0 Å². The fourth-order valence-electron chi connectivity index (χ4n) is 2.71. The maximum Gasteiger partial charge on any atom is 0.409 e. The molecule has 6 nitrogen and oxygen atoms in total. The summed E-state index contributed by atoms with van der Waals surface area (Å²) in [5.74, 6) is 0. The van der Waals surface area contributed by atoms with E-state index in [1.165, 1.54) is 0 Å². The van der Waals surface area contributed by atoms with E-state index in [4.69, 9.17) is 27.9 Å². The lowest BCUT2D eigenvalue weighted by Crippen LogP contribution is -2.49. The molecule has 138 valence electrons. The molecule has 1 aliphatic heterocycles. The molecule has 0 spiro atoms. The van der Waals surface area contributed by atoms with Crippen LogP contribution in [0.15, 0.2) is 18.2 Å². The fourth-order valence-corrected chi connectivity index (χ4v) is 3.02. The average Bonchev–Trinajstić information content (AvgIpc) is 2.58. The Morgan fingerprint density at radius 2 is 1.96 bits per heavy atom. The summed E-state index contributed by atoms with van der Waals surface area (Å²) >= 11 is 11.9. The van der Waals surface area contributed by atoms with Gasteiger partial charge in [0, 0.05) is 19.1 Å². The van der Waals surface area contributed by atoms with Crippen molar-refractivity contribution in [2.45, 2.75) is 38.8 Å². The van der Waals surface area contributed by atoms with Crippen LogP contribution < -0.4 is 10.6 Å².